The maximum Gasteiger partial charge on any atom is 0.175 e. The van der Waals surface area contributed by atoms with Gasteiger partial charge in [-0.15, -0.1) is 0 Å². The monoisotopic (exact) mass is 453 g/mol. The maximum absolute atomic E-state index is 6.14. The number of hydrogen-bond acceptors (Lipinski definition) is 3. The summed E-state index contributed by atoms with van der Waals surface area (Å²) in [5.74, 6) is 1.50. The first kappa shape index (κ1) is 21.3. The smallest absolute Gasteiger partial charge is 0.175 e. The molecule has 4 heteroatoms. The lowest BCUT2D eigenvalue weighted by atomic mass is 10.1. The lowest BCUT2D eigenvalue weighted by Crippen LogP contribution is -2.04. The van der Waals surface area contributed by atoms with Crippen LogP contribution in [0.5, 0.6) is 11.5 Å². The molecule has 0 spiro atoms. The van der Waals surface area contributed by atoms with Gasteiger partial charge in [-0.2, -0.15) is 0 Å². The Bertz CT molecular complexity index is 985. The van der Waals surface area contributed by atoms with E-state index in [1.807, 2.05) is 19.1 Å². The molecule has 0 aromatic heterocycles. The quantitative estimate of drug-likeness (QED) is 0.399. The van der Waals surface area contributed by atoms with Gasteiger partial charge in [-0.1, -0.05) is 30.3 Å². The molecule has 0 aliphatic heterocycles. The lowest BCUT2D eigenvalue weighted by Gasteiger charge is -2.17. The third-order valence-corrected chi connectivity index (χ3v) is 5.60. The first-order valence-corrected chi connectivity index (χ1v) is 10.7. The summed E-state index contributed by atoms with van der Waals surface area (Å²) in [7, 11) is 0. The van der Waals surface area contributed by atoms with E-state index in [4.69, 9.17) is 9.47 Å². The van der Waals surface area contributed by atoms with E-state index in [1.54, 1.807) is 0 Å². The van der Waals surface area contributed by atoms with Gasteiger partial charge in [0.25, 0.3) is 0 Å². The zero-order chi connectivity index (χ0) is 20.8. The first-order chi connectivity index (χ1) is 14.0. The largest absolute Gasteiger partial charge is 0.490 e. The number of rotatable bonds is 8. The molecule has 0 atom stereocenters. The summed E-state index contributed by atoms with van der Waals surface area (Å²) in [6, 6.07) is 18.8. The van der Waals surface area contributed by atoms with Crippen LogP contribution in [0.2, 0.25) is 0 Å². The average molecular weight is 454 g/mol. The molecule has 29 heavy (non-hydrogen) atoms. The van der Waals surface area contributed by atoms with Crippen LogP contribution in [-0.2, 0) is 13.2 Å². The van der Waals surface area contributed by atoms with Crippen LogP contribution in [0.4, 0.5) is 5.69 Å². The first-order valence-electron chi connectivity index (χ1n) is 9.91. The fraction of sp³-hybridized carbons (Fsp3) is 0.280. The Morgan fingerprint density at radius 2 is 1.66 bits per heavy atom. The number of halogens is 1. The van der Waals surface area contributed by atoms with E-state index < -0.39 is 0 Å². The molecule has 0 saturated heterocycles. The molecule has 1 N–H and O–H groups in total. The highest BCUT2D eigenvalue weighted by molar-refractivity contribution is 9.10. The summed E-state index contributed by atoms with van der Waals surface area (Å²) in [5, 5.41) is 3.49. The van der Waals surface area contributed by atoms with E-state index in [0.717, 1.165) is 27.2 Å². The van der Waals surface area contributed by atoms with Crippen LogP contribution in [0.3, 0.4) is 0 Å². The molecular weight excluding hydrogens is 426 g/mol. The number of ether oxygens (including phenoxy) is 2. The van der Waals surface area contributed by atoms with Crippen LogP contribution < -0.4 is 14.8 Å². The molecule has 152 valence electrons. The van der Waals surface area contributed by atoms with Crippen molar-refractivity contribution in [1.29, 1.82) is 0 Å². The van der Waals surface area contributed by atoms with E-state index >= 15 is 0 Å². The van der Waals surface area contributed by atoms with E-state index in [0.29, 0.717) is 19.8 Å². The number of hydrogen-bond donors (Lipinski definition) is 1. The third-order valence-electron chi connectivity index (χ3n) is 5.01. The number of benzene rings is 3. The van der Waals surface area contributed by atoms with Gasteiger partial charge in [-0.05, 0) is 95.7 Å². The van der Waals surface area contributed by atoms with Gasteiger partial charge in [0.1, 0.15) is 6.61 Å². The molecule has 0 heterocycles. The second-order valence-electron chi connectivity index (χ2n) is 7.21. The molecule has 0 saturated carbocycles. The normalized spacial score (nSPS) is 10.7. The van der Waals surface area contributed by atoms with Crippen molar-refractivity contribution in [1.82, 2.24) is 0 Å². The Balaban J connectivity index is 1.76. The molecular formula is C25H28BrNO2. The van der Waals surface area contributed by atoms with Gasteiger partial charge >= 0.3 is 0 Å². The minimum absolute atomic E-state index is 0.506. The van der Waals surface area contributed by atoms with E-state index in [2.05, 4.69) is 84.5 Å². The van der Waals surface area contributed by atoms with Gasteiger partial charge in [-0.3, -0.25) is 0 Å². The van der Waals surface area contributed by atoms with Crippen molar-refractivity contribution in [3.05, 3.63) is 86.9 Å². The summed E-state index contributed by atoms with van der Waals surface area (Å²) in [4.78, 5) is 0. The SMILES string of the molecule is CCOc1cc(CNc2ccc(C)c(C)c2)cc(Br)c1OCc1ccccc1C. The highest BCUT2D eigenvalue weighted by Crippen LogP contribution is 2.38. The topological polar surface area (TPSA) is 30.5 Å². The summed E-state index contributed by atoms with van der Waals surface area (Å²) < 4.78 is 12.9. The molecule has 3 rings (SSSR count). The molecule has 0 aliphatic carbocycles. The minimum Gasteiger partial charge on any atom is -0.490 e. The molecule has 0 fully saturated rings. The zero-order valence-electron chi connectivity index (χ0n) is 17.5. The predicted molar refractivity (Wildman–Crippen MR) is 124 cm³/mol. The van der Waals surface area contributed by atoms with Crippen molar-refractivity contribution in [3.63, 3.8) is 0 Å². The molecule has 0 bridgehead atoms. The molecule has 0 aliphatic rings. The van der Waals surface area contributed by atoms with Gasteiger partial charge in [0.2, 0.25) is 0 Å². The Morgan fingerprint density at radius 1 is 0.862 bits per heavy atom. The molecule has 3 aromatic rings. The molecule has 0 amide bonds. The van der Waals surface area contributed by atoms with Crippen LogP contribution in [0.15, 0.2) is 59.1 Å². The Morgan fingerprint density at radius 3 is 2.38 bits per heavy atom. The zero-order valence-corrected chi connectivity index (χ0v) is 19.1. The number of nitrogens with one attached hydrogen (secondary N) is 1. The Hall–Kier alpha value is -2.46. The summed E-state index contributed by atoms with van der Waals surface area (Å²) in [6.07, 6.45) is 0. The second kappa shape index (κ2) is 9.84. The van der Waals surface area contributed by atoms with Gasteiger partial charge < -0.3 is 14.8 Å². The summed E-state index contributed by atoms with van der Waals surface area (Å²) >= 11 is 3.67. The van der Waals surface area contributed by atoms with Crippen LogP contribution >= 0.6 is 15.9 Å². The van der Waals surface area contributed by atoms with Gasteiger partial charge in [0.05, 0.1) is 11.1 Å². The van der Waals surface area contributed by atoms with Gasteiger partial charge in [0.15, 0.2) is 11.5 Å². The molecule has 0 radical (unpaired) electrons. The Kier molecular flexibility index (Phi) is 7.21. The van der Waals surface area contributed by atoms with Crippen molar-refractivity contribution in [2.45, 2.75) is 40.8 Å². The fourth-order valence-electron chi connectivity index (χ4n) is 3.10. The van der Waals surface area contributed by atoms with Crippen molar-refractivity contribution in [2.24, 2.45) is 0 Å². The molecule has 0 unspecified atom stereocenters. The van der Waals surface area contributed by atoms with Gasteiger partial charge in [-0.25, -0.2) is 0 Å². The highest BCUT2D eigenvalue weighted by atomic mass is 79.9. The summed E-state index contributed by atoms with van der Waals surface area (Å²) in [5.41, 5.74) is 7.21. The Labute approximate surface area is 182 Å². The van der Waals surface area contributed by atoms with Crippen LogP contribution in [0.1, 0.15) is 34.7 Å². The van der Waals surface area contributed by atoms with Crippen LogP contribution in [0, 0.1) is 20.8 Å². The maximum atomic E-state index is 6.14. The second-order valence-corrected chi connectivity index (χ2v) is 8.06. The molecule has 3 nitrogen and oxygen atoms in total. The van der Waals surface area contributed by atoms with E-state index in [-0.39, 0.29) is 0 Å². The van der Waals surface area contributed by atoms with Crippen molar-refractivity contribution < 1.29 is 9.47 Å². The fourth-order valence-corrected chi connectivity index (χ4v) is 3.71. The van der Waals surface area contributed by atoms with E-state index in [9.17, 15) is 0 Å². The van der Waals surface area contributed by atoms with E-state index in [1.165, 1.54) is 22.3 Å². The number of aryl methyl sites for hydroxylation is 3. The van der Waals surface area contributed by atoms with Crippen molar-refractivity contribution in [2.75, 3.05) is 11.9 Å². The standard InChI is InChI=1S/C25H28BrNO2/c1-5-28-24-14-20(15-27-22-11-10-17(2)19(4)12-22)13-23(26)25(24)29-16-21-9-7-6-8-18(21)3/h6-14,27H,5,15-16H2,1-4H3. The van der Waals surface area contributed by atoms with Gasteiger partial charge in [0, 0.05) is 12.2 Å². The average Bonchev–Trinajstić information content (AvgIpc) is 2.70. The lowest BCUT2D eigenvalue weighted by molar-refractivity contribution is 0.267. The third kappa shape index (κ3) is 5.54. The van der Waals surface area contributed by atoms with Crippen LogP contribution in [-0.4, -0.2) is 6.61 Å². The highest BCUT2D eigenvalue weighted by Gasteiger charge is 2.13. The van der Waals surface area contributed by atoms with Crippen molar-refractivity contribution >= 4 is 21.6 Å². The van der Waals surface area contributed by atoms with Crippen LogP contribution in [0.25, 0.3) is 0 Å². The number of anilines is 1. The predicted octanol–water partition coefficient (Wildman–Crippen LogP) is 6.96. The van der Waals surface area contributed by atoms with Crippen molar-refractivity contribution in [3.8, 4) is 11.5 Å². The summed E-state index contributed by atoms with van der Waals surface area (Å²) in [6.45, 7) is 10.1. The molecule has 3 aromatic carbocycles. The minimum atomic E-state index is 0.506.